The Kier molecular flexibility index (Phi) is 15.5. The van der Waals surface area contributed by atoms with E-state index in [9.17, 15) is 49.3 Å². The van der Waals surface area contributed by atoms with E-state index in [2.05, 4.69) is 21.3 Å². The number of hydrogen-bond acceptors (Lipinski definition) is 14. The minimum Gasteiger partial charge on any atom is -0.493 e. The van der Waals surface area contributed by atoms with E-state index in [0.29, 0.717) is 107 Å². The number of amides is 3. The first-order chi connectivity index (χ1) is 32.7. The lowest BCUT2D eigenvalue weighted by Gasteiger charge is -2.55. The number of likely N-dealkylation sites (tertiary alicyclic amines) is 1. The molecule has 20 heteroatoms. The minimum absolute atomic E-state index is 0.00426. The molecule has 4 aliphatic carbocycles. The van der Waals surface area contributed by atoms with Crippen LogP contribution < -0.4 is 10.1 Å². The molecule has 4 saturated carbocycles. The molecule has 3 saturated heterocycles. The van der Waals surface area contributed by atoms with Crippen LogP contribution in [0.4, 0.5) is 0 Å². The number of aliphatic carboxylic acids is 3. The number of nitriles is 1. The number of piperazine rings is 1. The van der Waals surface area contributed by atoms with Gasteiger partial charge in [-0.15, -0.1) is 0 Å². The number of carbonyl (C=O) groups excluding carboxylic acids is 3. The maximum absolute atomic E-state index is 13.8. The number of fused-ring (bicyclic) bond motifs is 5. The number of nitrogens with one attached hydrogen (secondary N) is 1. The molecule has 3 amide bonds. The third kappa shape index (κ3) is 12.2. The number of nitrogens with zero attached hydrogens (tertiary/aromatic N) is 9. The molecule has 68 heavy (non-hydrogen) atoms. The molecule has 4 N–H and O–H groups in total. The van der Waals surface area contributed by atoms with Crippen molar-refractivity contribution in [1.82, 2.24) is 44.6 Å². The highest BCUT2D eigenvalue weighted by Crippen LogP contribution is 2.57. The quantitative estimate of drug-likeness (QED) is 0.182. The number of carboxylic acid groups (broad SMARTS) is 3. The summed E-state index contributed by atoms with van der Waals surface area (Å²) < 4.78 is 6.50. The van der Waals surface area contributed by atoms with Gasteiger partial charge in [-0.2, -0.15) is 5.26 Å². The van der Waals surface area contributed by atoms with Crippen LogP contribution in [0, 0.1) is 28.1 Å². The maximum atomic E-state index is 13.8. The number of carbonyl (C=O) groups is 6. The zero-order chi connectivity index (χ0) is 48.0. The molecule has 1 aromatic carbocycles. The van der Waals surface area contributed by atoms with Crippen LogP contribution in [-0.2, 0) is 24.0 Å². The summed E-state index contributed by atoms with van der Waals surface area (Å²) in [6.07, 6.45) is 9.75. The Labute approximate surface area is 396 Å². The summed E-state index contributed by atoms with van der Waals surface area (Å²) in [6, 6.07) is 9.19. The van der Waals surface area contributed by atoms with Crippen LogP contribution in [0.1, 0.15) is 61.7 Å². The number of carboxylic acids is 3. The standard InChI is InChI=1S/C48H66N10O10/c49-26-35-23-34-24-40(34)58(35)41(59)27-51-46(67)37-3-10-50-39-2-1-36(25-38(37)39)68-33-48-7-4-47(5-8-48,6-9-48)32-56-19-21-57(22-20-56)42(60)28-52-11-13-53(29-43(61)62)15-17-55(31-45(65)66)18-16-54(14-12-52)30-44(63)64/h1-3,10,25,34-35,40H,4-9,11-24,27-33H2,(H,51,67)(H,61,62)(H,63,64)(H,65,66)/t34-,35+,40+,47?,48?/m1/s1. The van der Waals surface area contributed by atoms with Crippen molar-refractivity contribution in [2.45, 2.75) is 63.5 Å². The first-order valence-corrected chi connectivity index (χ1v) is 24.2. The van der Waals surface area contributed by atoms with Crippen LogP contribution in [0.25, 0.3) is 10.9 Å². The van der Waals surface area contributed by atoms with Crippen LogP contribution in [0.5, 0.6) is 5.75 Å². The van der Waals surface area contributed by atoms with Gasteiger partial charge in [0, 0.05) is 108 Å². The van der Waals surface area contributed by atoms with E-state index in [1.807, 2.05) is 28.0 Å². The number of rotatable bonds is 16. The van der Waals surface area contributed by atoms with E-state index < -0.39 is 23.9 Å². The summed E-state index contributed by atoms with van der Waals surface area (Å²) in [4.78, 5) is 92.9. The lowest BCUT2D eigenvalue weighted by atomic mass is 9.54. The van der Waals surface area contributed by atoms with Gasteiger partial charge in [-0.3, -0.25) is 58.3 Å². The van der Waals surface area contributed by atoms with Gasteiger partial charge in [0.05, 0.1) is 56.5 Å². The van der Waals surface area contributed by atoms with E-state index in [0.717, 1.165) is 64.6 Å². The number of pyridine rings is 1. The SMILES string of the molecule is N#C[C@@H]1C[C@@H]2C[C@@H]2N1C(=O)CNC(=O)c1ccnc2ccc(OCC34CCC(CN5CCN(C(=O)CN6CCN(CC(=O)O)CCN(CC(=O)O)CCN(CC(=O)O)CC6)CC5)(CC3)CC4)cc12. The van der Waals surface area contributed by atoms with E-state index in [4.69, 9.17) is 4.74 Å². The van der Waals surface area contributed by atoms with Crippen molar-refractivity contribution < 1.29 is 48.8 Å². The van der Waals surface area contributed by atoms with E-state index in [1.165, 1.54) is 0 Å². The molecule has 2 aromatic rings. The number of piperidine rings is 1. The molecule has 7 fully saturated rings. The minimum atomic E-state index is -1.01. The van der Waals surface area contributed by atoms with Gasteiger partial charge in [0.1, 0.15) is 11.8 Å². The van der Waals surface area contributed by atoms with E-state index in [1.54, 1.807) is 31.9 Å². The monoisotopic (exact) mass is 942 g/mol. The second kappa shape index (κ2) is 21.5. The van der Waals surface area contributed by atoms with Crippen molar-refractivity contribution in [3.8, 4) is 11.8 Å². The molecule has 368 valence electrons. The van der Waals surface area contributed by atoms with Crippen molar-refractivity contribution in [3.05, 3.63) is 36.0 Å². The molecule has 1 aromatic heterocycles. The topological polar surface area (TPSA) is 244 Å². The summed E-state index contributed by atoms with van der Waals surface area (Å²) in [7, 11) is 0. The largest absolute Gasteiger partial charge is 0.493 e. The molecule has 4 heterocycles. The number of benzene rings is 1. The number of ether oxygens (including phenoxy) is 1. The van der Waals surface area contributed by atoms with Crippen LogP contribution in [0.2, 0.25) is 0 Å². The summed E-state index contributed by atoms with van der Waals surface area (Å²) in [5.74, 6) is -2.52. The van der Waals surface area contributed by atoms with Crippen molar-refractivity contribution in [2.24, 2.45) is 16.7 Å². The Morgan fingerprint density at radius 1 is 0.676 bits per heavy atom. The van der Waals surface area contributed by atoms with Crippen molar-refractivity contribution >= 4 is 46.5 Å². The van der Waals surface area contributed by atoms with Crippen molar-refractivity contribution in [2.75, 3.05) is 124 Å². The summed E-state index contributed by atoms with van der Waals surface area (Å²) in [5, 5.41) is 41.5. The lowest BCUT2D eigenvalue weighted by molar-refractivity contribution is -0.141. The Bertz CT molecular complexity index is 2190. The Morgan fingerprint density at radius 2 is 1.21 bits per heavy atom. The third-order valence-electron chi connectivity index (χ3n) is 15.7. The number of aromatic nitrogens is 1. The van der Waals surface area contributed by atoms with E-state index in [-0.39, 0.29) is 67.3 Å². The Hall–Kier alpha value is -5.46. The highest BCUT2D eigenvalue weighted by molar-refractivity contribution is 6.07. The molecule has 0 unspecified atom stereocenters. The maximum Gasteiger partial charge on any atom is 0.317 e. The highest BCUT2D eigenvalue weighted by atomic mass is 16.5. The predicted molar refractivity (Wildman–Crippen MR) is 247 cm³/mol. The van der Waals surface area contributed by atoms with Crippen LogP contribution in [0.3, 0.4) is 0 Å². The zero-order valence-corrected chi connectivity index (χ0v) is 38.9. The number of hydrogen-bond donors (Lipinski definition) is 4. The Balaban J connectivity index is 0.796. The average molecular weight is 943 g/mol. The molecular weight excluding hydrogens is 877 g/mol. The second-order valence-electron chi connectivity index (χ2n) is 20.2. The normalized spacial score (nSPS) is 27.7. The van der Waals surface area contributed by atoms with Gasteiger partial charge in [0.2, 0.25) is 11.8 Å². The fourth-order valence-electron chi connectivity index (χ4n) is 11.4. The van der Waals surface area contributed by atoms with Gasteiger partial charge in [-0.05, 0) is 87.0 Å². The molecule has 3 atom stereocenters. The molecule has 0 radical (unpaired) electrons. The van der Waals surface area contributed by atoms with Gasteiger partial charge >= 0.3 is 17.9 Å². The summed E-state index contributed by atoms with van der Waals surface area (Å²) in [6.45, 7) is 6.50. The predicted octanol–water partition coefficient (Wildman–Crippen LogP) is 0.817. The molecule has 3 aliphatic heterocycles. The molecule has 20 nitrogen and oxygen atoms in total. The Morgan fingerprint density at radius 3 is 1.75 bits per heavy atom. The van der Waals surface area contributed by atoms with Gasteiger partial charge in [-0.1, -0.05) is 0 Å². The molecule has 0 spiro atoms. The highest BCUT2D eigenvalue weighted by Gasteiger charge is 2.54. The lowest BCUT2D eigenvalue weighted by Crippen LogP contribution is -2.56. The van der Waals surface area contributed by atoms with Crippen LogP contribution >= 0.6 is 0 Å². The zero-order valence-electron chi connectivity index (χ0n) is 38.9. The van der Waals surface area contributed by atoms with E-state index >= 15 is 0 Å². The van der Waals surface area contributed by atoms with Gasteiger partial charge in [0.15, 0.2) is 0 Å². The molecule has 9 rings (SSSR count). The molecular formula is C48H66N10O10. The second-order valence-corrected chi connectivity index (χ2v) is 20.2. The van der Waals surface area contributed by atoms with Crippen molar-refractivity contribution in [1.29, 1.82) is 5.26 Å². The van der Waals surface area contributed by atoms with Gasteiger partial charge in [-0.25, -0.2) is 0 Å². The molecule has 2 bridgehead atoms. The fourth-order valence-corrected chi connectivity index (χ4v) is 11.4. The van der Waals surface area contributed by atoms with Crippen LogP contribution in [-0.4, -0.2) is 227 Å². The first kappa shape index (κ1) is 49.0. The fraction of sp³-hybridized carbons (Fsp3) is 0.667. The van der Waals surface area contributed by atoms with Gasteiger partial charge < -0.3 is 35.2 Å². The van der Waals surface area contributed by atoms with Crippen LogP contribution in [0.15, 0.2) is 30.5 Å². The molecule has 7 aliphatic rings. The third-order valence-corrected chi connectivity index (χ3v) is 15.7. The smallest absolute Gasteiger partial charge is 0.317 e. The van der Waals surface area contributed by atoms with Crippen molar-refractivity contribution in [3.63, 3.8) is 0 Å². The first-order valence-electron chi connectivity index (χ1n) is 24.2. The summed E-state index contributed by atoms with van der Waals surface area (Å²) >= 11 is 0. The van der Waals surface area contributed by atoms with Gasteiger partial charge in [0.25, 0.3) is 5.91 Å². The summed E-state index contributed by atoms with van der Waals surface area (Å²) in [5.41, 5.74) is 1.37. The average Bonchev–Trinajstić information content (AvgIpc) is 3.99.